The van der Waals surface area contributed by atoms with E-state index in [0.29, 0.717) is 23.4 Å². The molecule has 2 aromatic rings. The van der Waals surface area contributed by atoms with Crippen LogP contribution in [0.25, 0.3) is 0 Å². The van der Waals surface area contributed by atoms with Crippen LogP contribution in [0, 0.1) is 11.6 Å². The van der Waals surface area contributed by atoms with Crippen molar-refractivity contribution >= 4 is 35.6 Å². The van der Waals surface area contributed by atoms with E-state index in [-0.39, 0.29) is 35.8 Å². The van der Waals surface area contributed by atoms with Gasteiger partial charge in [-0.1, -0.05) is 6.07 Å². The molecule has 26 heavy (non-hydrogen) atoms. The second-order valence-electron chi connectivity index (χ2n) is 5.92. The number of benzene rings is 1. The van der Waals surface area contributed by atoms with Gasteiger partial charge < -0.3 is 16.4 Å². The number of hydrogen-bond acceptors (Lipinski definition) is 4. The Bertz CT molecular complexity index is 815. The third-order valence-electron chi connectivity index (χ3n) is 4.28. The molecule has 1 aliphatic rings. The van der Waals surface area contributed by atoms with Crippen molar-refractivity contribution in [1.29, 1.82) is 0 Å². The molecule has 0 radical (unpaired) electrons. The third kappa shape index (κ3) is 4.38. The van der Waals surface area contributed by atoms with Crippen LogP contribution in [0.4, 0.5) is 8.78 Å². The minimum absolute atomic E-state index is 0. The fourth-order valence-corrected chi connectivity index (χ4v) is 3.78. The van der Waals surface area contributed by atoms with Gasteiger partial charge in [0.1, 0.15) is 0 Å². The molecule has 0 aliphatic carbocycles. The predicted octanol–water partition coefficient (Wildman–Crippen LogP) is 2.42. The van der Waals surface area contributed by atoms with Crippen LogP contribution in [-0.2, 0) is 0 Å². The number of thiophene rings is 1. The molecule has 2 heterocycles. The number of halogens is 3. The molecule has 9 heteroatoms. The first-order chi connectivity index (χ1) is 12.0. The zero-order valence-electron chi connectivity index (χ0n) is 13.6. The maximum atomic E-state index is 13.5. The standard InChI is InChI=1S/C17H17F2N3O2S.ClH/c18-12-2-1-9(5-13(12)19)11-3-4-21-7-14(11)22-17(24)15-6-10(8-25-15)16(20)23;/h1-2,5-6,8,11,14,21H,3-4,7H2,(H2,20,23)(H,22,24);1H. The zero-order valence-corrected chi connectivity index (χ0v) is 15.3. The zero-order chi connectivity index (χ0) is 18.0. The van der Waals surface area contributed by atoms with E-state index in [2.05, 4.69) is 10.6 Å². The topological polar surface area (TPSA) is 84.2 Å². The molecule has 1 aliphatic heterocycles. The molecule has 5 nitrogen and oxygen atoms in total. The molecule has 0 bridgehead atoms. The number of nitrogens with two attached hydrogens (primary N) is 1. The van der Waals surface area contributed by atoms with E-state index >= 15 is 0 Å². The Kier molecular flexibility index (Phi) is 6.69. The van der Waals surface area contributed by atoms with Crippen LogP contribution >= 0.6 is 23.7 Å². The Hall–Kier alpha value is -2.03. The lowest BCUT2D eigenvalue weighted by molar-refractivity contribution is 0.0928. The minimum atomic E-state index is -0.898. The Morgan fingerprint density at radius 3 is 2.65 bits per heavy atom. The van der Waals surface area contributed by atoms with Crippen LogP contribution in [0.15, 0.2) is 29.6 Å². The summed E-state index contributed by atoms with van der Waals surface area (Å²) < 4.78 is 26.7. The second kappa shape index (κ2) is 8.57. The monoisotopic (exact) mass is 401 g/mol. The summed E-state index contributed by atoms with van der Waals surface area (Å²) in [5, 5.41) is 7.63. The number of carbonyl (C=O) groups excluding carboxylic acids is 2. The molecular formula is C17H18ClF2N3O2S. The van der Waals surface area contributed by atoms with Crippen molar-refractivity contribution < 1.29 is 18.4 Å². The summed E-state index contributed by atoms with van der Waals surface area (Å²) in [6.07, 6.45) is 0.687. The van der Waals surface area contributed by atoms with Gasteiger partial charge in [0, 0.05) is 23.9 Å². The lowest BCUT2D eigenvalue weighted by atomic mass is 9.86. The Morgan fingerprint density at radius 1 is 1.23 bits per heavy atom. The maximum absolute atomic E-state index is 13.5. The SMILES string of the molecule is Cl.NC(=O)c1csc(C(=O)NC2CNCCC2c2ccc(F)c(F)c2)c1. The van der Waals surface area contributed by atoms with Crippen LogP contribution in [-0.4, -0.2) is 30.9 Å². The highest BCUT2D eigenvalue weighted by Gasteiger charge is 2.29. The molecule has 3 rings (SSSR count). The van der Waals surface area contributed by atoms with Gasteiger partial charge in [-0.25, -0.2) is 8.78 Å². The van der Waals surface area contributed by atoms with Crippen LogP contribution < -0.4 is 16.4 Å². The molecular weight excluding hydrogens is 384 g/mol. The van der Waals surface area contributed by atoms with Gasteiger partial charge in [0.2, 0.25) is 5.91 Å². The highest BCUT2D eigenvalue weighted by Crippen LogP contribution is 2.27. The van der Waals surface area contributed by atoms with Gasteiger partial charge in [-0.05, 0) is 36.7 Å². The van der Waals surface area contributed by atoms with Crippen molar-refractivity contribution in [3.05, 3.63) is 57.3 Å². The van der Waals surface area contributed by atoms with Crippen LogP contribution in [0.1, 0.15) is 37.9 Å². The number of primary amides is 1. The molecule has 1 aromatic carbocycles. The fourth-order valence-electron chi connectivity index (χ4n) is 2.98. The van der Waals surface area contributed by atoms with Crippen LogP contribution in [0.2, 0.25) is 0 Å². The van der Waals surface area contributed by atoms with Crippen molar-refractivity contribution in [1.82, 2.24) is 10.6 Å². The van der Waals surface area contributed by atoms with Crippen LogP contribution in [0.3, 0.4) is 0 Å². The number of carbonyl (C=O) groups is 2. The van der Waals surface area contributed by atoms with Gasteiger partial charge >= 0.3 is 0 Å². The van der Waals surface area contributed by atoms with E-state index in [1.54, 1.807) is 6.07 Å². The molecule has 0 spiro atoms. The first-order valence-corrected chi connectivity index (χ1v) is 8.68. The molecule has 2 amide bonds. The number of rotatable bonds is 4. The van der Waals surface area contributed by atoms with Crippen molar-refractivity contribution in [3.63, 3.8) is 0 Å². The molecule has 2 unspecified atom stereocenters. The average molecular weight is 402 g/mol. The van der Waals surface area contributed by atoms with E-state index in [1.807, 2.05) is 0 Å². The first kappa shape index (κ1) is 20.3. The van der Waals surface area contributed by atoms with E-state index in [4.69, 9.17) is 5.73 Å². The quantitative estimate of drug-likeness (QED) is 0.735. The third-order valence-corrected chi connectivity index (χ3v) is 5.21. The van der Waals surface area contributed by atoms with Crippen molar-refractivity contribution in [2.45, 2.75) is 18.4 Å². The summed E-state index contributed by atoms with van der Waals surface area (Å²) in [5.74, 6) is -2.83. The maximum Gasteiger partial charge on any atom is 0.261 e. The molecule has 4 N–H and O–H groups in total. The van der Waals surface area contributed by atoms with Crippen molar-refractivity contribution in [2.24, 2.45) is 5.73 Å². The minimum Gasteiger partial charge on any atom is -0.366 e. The summed E-state index contributed by atoms with van der Waals surface area (Å²) in [7, 11) is 0. The summed E-state index contributed by atoms with van der Waals surface area (Å²) in [4.78, 5) is 24.0. The highest BCUT2D eigenvalue weighted by molar-refractivity contribution is 7.12. The summed E-state index contributed by atoms with van der Waals surface area (Å²) in [5.41, 5.74) is 6.13. The van der Waals surface area contributed by atoms with E-state index in [1.165, 1.54) is 17.5 Å². The van der Waals surface area contributed by atoms with Gasteiger partial charge in [0.25, 0.3) is 5.91 Å². The normalized spacial score (nSPS) is 19.5. The second-order valence-corrected chi connectivity index (χ2v) is 6.83. The largest absolute Gasteiger partial charge is 0.366 e. The molecule has 1 aromatic heterocycles. The molecule has 1 saturated heterocycles. The number of piperidine rings is 1. The van der Waals surface area contributed by atoms with Gasteiger partial charge in [-0.2, -0.15) is 0 Å². The summed E-state index contributed by atoms with van der Waals surface area (Å²) in [6, 6.07) is 5.00. The van der Waals surface area contributed by atoms with E-state index in [0.717, 1.165) is 23.9 Å². The van der Waals surface area contributed by atoms with Gasteiger partial charge in [-0.3, -0.25) is 9.59 Å². The average Bonchev–Trinajstić information content (AvgIpc) is 3.08. The van der Waals surface area contributed by atoms with E-state index < -0.39 is 17.5 Å². The van der Waals surface area contributed by atoms with Crippen molar-refractivity contribution in [2.75, 3.05) is 13.1 Å². The van der Waals surface area contributed by atoms with Crippen molar-refractivity contribution in [3.8, 4) is 0 Å². The summed E-state index contributed by atoms with van der Waals surface area (Å²) in [6.45, 7) is 1.24. The smallest absolute Gasteiger partial charge is 0.261 e. The Labute approximate surface area is 159 Å². The van der Waals surface area contributed by atoms with Gasteiger partial charge in [-0.15, -0.1) is 23.7 Å². The van der Waals surface area contributed by atoms with Crippen LogP contribution in [0.5, 0.6) is 0 Å². The van der Waals surface area contributed by atoms with Gasteiger partial charge in [0.05, 0.1) is 10.4 Å². The molecule has 0 saturated carbocycles. The lowest BCUT2D eigenvalue weighted by Gasteiger charge is -2.33. The molecule has 2 atom stereocenters. The highest BCUT2D eigenvalue weighted by atomic mass is 35.5. The Balaban J connectivity index is 0.00000243. The van der Waals surface area contributed by atoms with Gasteiger partial charge in [0.15, 0.2) is 11.6 Å². The first-order valence-electron chi connectivity index (χ1n) is 7.80. The number of hydrogen-bond donors (Lipinski definition) is 3. The Morgan fingerprint density at radius 2 is 2.00 bits per heavy atom. The predicted molar refractivity (Wildman–Crippen MR) is 97.9 cm³/mol. The number of amides is 2. The number of nitrogens with one attached hydrogen (secondary N) is 2. The van der Waals surface area contributed by atoms with E-state index in [9.17, 15) is 18.4 Å². The molecule has 1 fully saturated rings. The summed E-state index contributed by atoms with van der Waals surface area (Å²) >= 11 is 1.13. The molecule has 140 valence electrons. The fraction of sp³-hybridized carbons (Fsp3) is 0.294. The lowest BCUT2D eigenvalue weighted by Crippen LogP contribution is -2.49.